The van der Waals surface area contributed by atoms with Crippen molar-refractivity contribution in [3.63, 3.8) is 0 Å². The third-order valence-electron chi connectivity index (χ3n) is 2.23. The second kappa shape index (κ2) is 9.02. The van der Waals surface area contributed by atoms with Crippen LogP contribution in [0.5, 0.6) is 0 Å². The van der Waals surface area contributed by atoms with E-state index in [-0.39, 0.29) is 12.2 Å². The van der Waals surface area contributed by atoms with Crippen LogP contribution in [0.15, 0.2) is 12.3 Å². The molecule has 22 heavy (non-hydrogen) atoms. The van der Waals surface area contributed by atoms with E-state index in [1.165, 1.54) is 12.3 Å². The number of pyridine rings is 1. The Labute approximate surface area is 132 Å². The fraction of sp³-hybridized carbons (Fsp3) is 0.562. The van der Waals surface area contributed by atoms with E-state index in [1.807, 2.05) is 13.8 Å². The summed E-state index contributed by atoms with van der Waals surface area (Å²) in [5.74, 6) is -0.479. The average Bonchev–Trinajstić information content (AvgIpc) is 2.41. The largest absolute Gasteiger partial charge is 0.462 e. The molecule has 124 valence electrons. The van der Waals surface area contributed by atoms with Crippen molar-refractivity contribution in [2.75, 3.05) is 11.9 Å². The van der Waals surface area contributed by atoms with Gasteiger partial charge >= 0.3 is 12.1 Å². The first kappa shape index (κ1) is 19.9. The molecule has 0 spiro atoms. The topological polar surface area (TPSA) is 77.5 Å². The number of ether oxygens (including phenoxy) is 2. The van der Waals surface area contributed by atoms with Gasteiger partial charge in [-0.05, 0) is 40.7 Å². The van der Waals surface area contributed by atoms with E-state index in [0.717, 1.165) is 0 Å². The summed E-state index contributed by atoms with van der Waals surface area (Å²) < 4.78 is 10.0. The zero-order valence-corrected chi connectivity index (χ0v) is 14.4. The third kappa shape index (κ3) is 7.06. The molecule has 1 aromatic heterocycles. The minimum absolute atomic E-state index is 0.279. The number of hydrogen-bond donors (Lipinski definition) is 1. The van der Waals surface area contributed by atoms with E-state index in [1.54, 1.807) is 34.6 Å². The number of aromatic nitrogens is 1. The van der Waals surface area contributed by atoms with Gasteiger partial charge in [0.25, 0.3) is 0 Å². The second-order valence-electron chi connectivity index (χ2n) is 5.20. The molecular weight excluding hydrogens is 284 g/mol. The molecule has 0 aliphatic heterocycles. The van der Waals surface area contributed by atoms with Gasteiger partial charge in [0.05, 0.1) is 23.6 Å². The van der Waals surface area contributed by atoms with Crippen LogP contribution in [0.4, 0.5) is 10.5 Å². The summed E-state index contributed by atoms with van der Waals surface area (Å²) in [6, 6.07) is 1.52. The Hall–Kier alpha value is -2.11. The SMILES string of the molecule is CC.CCOC(=O)c1cnc(C)c(NC(=O)OC(C)(C)C)c1. The highest BCUT2D eigenvalue weighted by Gasteiger charge is 2.18. The van der Waals surface area contributed by atoms with Gasteiger partial charge in [0, 0.05) is 6.20 Å². The van der Waals surface area contributed by atoms with Crippen LogP contribution >= 0.6 is 0 Å². The molecule has 6 heteroatoms. The van der Waals surface area contributed by atoms with Crippen LogP contribution in [0.1, 0.15) is 57.6 Å². The molecule has 0 aliphatic rings. The Kier molecular flexibility index (Phi) is 8.15. The molecule has 1 heterocycles. The minimum atomic E-state index is -0.594. The summed E-state index contributed by atoms with van der Waals surface area (Å²) in [5.41, 5.74) is 0.696. The molecule has 0 aliphatic carbocycles. The van der Waals surface area contributed by atoms with E-state index >= 15 is 0 Å². The maximum absolute atomic E-state index is 11.7. The van der Waals surface area contributed by atoms with Crippen molar-refractivity contribution in [1.29, 1.82) is 0 Å². The summed E-state index contributed by atoms with van der Waals surface area (Å²) >= 11 is 0. The number of aryl methyl sites for hydroxylation is 1. The molecule has 0 saturated carbocycles. The molecule has 0 bridgehead atoms. The fourth-order valence-corrected chi connectivity index (χ4v) is 1.40. The number of nitrogens with one attached hydrogen (secondary N) is 1. The first-order valence-corrected chi connectivity index (χ1v) is 7.36. The molecule has 0 radical (unpaired) electrons. The molecule has 6 nitrogen and oxygen atoms in total. The standard InChI is InChI=1S/C14H20N2O4.C2H6/c1-6-19-12(17)10-7-11(9(2)15-8-10)16-13(18)20-14(3,4)5;1-2/h7-8H,6H2,1-5H3,(H,16,18);1-2H3. The lowest BCUT2D eigenvalue weighted by Gasteiger charge is -2.20. The van der Waals surface area contributed by atoms with Gasteiger partial charge in [-0.25, -0.2) is 9.59 Å². The van der Waals surface area contributed by atoms with Crippen molar-refractivity contribution in [3.05, 3.63) is 23.5 Å². The van der Waals surface area contributed by atoms with Gasteiger partial charge in [0.15, 0.2) is 0 Å². The van der Waals surface area contributed by atoms with Crippen molar-refractivity contribution in [1.82, 2.24) is 4.98 Å². The number of amides is 1. The molecule has 0 atom stereocenters. The van der Waals surface area contributed by atoms with E-state index in [2.05, 4.69) is 10.3 Å². The highest BCUT2D eigenvalue weighted by atomic mass is 16.6. The Bertz CT molecular complexity index is 507. The van der Waals surface area contributed by atoms with Crippen LogP contribution in [-0.2, 0) is 9.47 Å². The molecule has 1 amide bonds. The lowest BCUT2D eigenvalue weighted by Crippen LogP contribution is -2.27. The van der Waals surface area contributed by atoms with E-state index < -0.39 is 17.7 Å². The highest BCUT2D eigenvalue weighted by Crippen LogP contribution is 2.17. The van der Waals surface area contributed by atoms with Gasteiger partial charge in [0.1, 0.15) is 5.60 Å². The minimum Gasteiger partial charge on any atom is -0.462 e. The van der Waals surface area contributed by atoms with E-state index in [4.69, 9.17) is 9.47 Å². The fourth-order valence-electron chi connectivity index (χ4n) is 1.40. The Balaban J connectivity index is 0.00000211. The van der Waals surface area contributed by atoms with E-state index in [9.17, 15) is 9.59 Å². The first-order chi connectivity index (χ1) is 10.2. The predicted molar refractivity (Wildman–Crippen MR) is 86.1 cm³/mol. The predicted octanol–water partition coefficient (Wildman–Crippen LogP) is 3.94. The van der Waals surface area contributed by atoms with Crippen molar-refractivity contribution >= 4 is 17.7 Å². The maximum Gasteiger partial charge on any atom is 0.412 e. The summed E-state index contributed by atoms with van der Waals surface area (Å²) in [6.07, 6.45) is 0.816. The van der Waals surface area contributed by atoms with Crippen LogP contribution < -0.4 is 5.32 Å². The Morgan fingerprint density at radius 3 is 2.36 bits per heavy atom. The van der Waals surface area contributed by atoms with Gasteiger partial charge in [-0.2, -0.15) is 0 Å². The summed E-state index contributed by atoms with van der Waals surface area (Å²) in [4.78, 5) is 27.4. The molecule has 0 fully saturated rings. The number of anilines is 1. The molecule has 0 saturated heterocycles. The first-order valence-electron chi connectivity index (χ1n) is 7.36. The number of carbonyl (C=O) groups is 2. The van der Waals surface area contributed by atoms with Gasteiger partial charge in [-0.15, -0.1) is 0 Å². The van der Waals surface area contributed by atoms with E-state index in [0.29, 0.717) is 11.4 Å². The van der Waals surface area contributed by atoms with Crippen LogP contribution in [0, 0.1) is 6.92 Å². The summed E-state index contributed by atoms with van der Waals surface area (Å²) in [5, 5.41) is 2.57. The monoisotopic (exact) mass is 310 g/mol. The number of hydrogen-bond acceptors (Lipinski definition) is 5. The van der Waals surface area contributed by atoms with Crippen molar-refractivity contribution < 1.29 is 19.1 Å². The van der Waals surface area contributed by atoms with Crippen molar-refractivity contribution in [2.45, 2.75) is 54.1 Å². The van der Waals surface area contributed by atoms with Gasteiger partial charge in [-0.1, -0.05) is 13.8 Å². The molecule has 1 rings (SSSR count). The molecule has 1 N–H and O–H groups in total. The third-order valence-corrected chi connectivity index (χ3v) is 2.23. The number of esters is 1. The quantitative estimate of drug-likeness (QED) is 0.856. The van der Waals surface area contributed by atoms with Crippen LogP contribution in [0.3, 0.4) is 0 Å². The normalized spacial score (nSPS) is 10.1. The summed E-state index contributed by atoms with van der Waals surface area (Å²) in [6.45, 7) is 13.0. The van der Waals surface area contributed by atoms with Crippen LogP contribution in [0.25, 0.3) is 0 Å². The Morgan fingerprint density at radius 1 is 1.27 bits per heavy atom. The molecule has 0 aromatic carbocycles. The number of nitrogens with zero attached hydrogens (tertiary/aromatic N) is 1. The lowest BCUT2D eigenvalue weighted by atomic mass is 10.2. The second-order valence-corrected chi connectivity index (χ2v) is 5.20. The maximum atomic E-state index is 11.7. The van der Waals surface area contributed by atoms with Gasteiger partial charge in [0.2, 0.25) is 0 Å². The van der Waals surface area contributed by atoms with Crippen LogP contribution in [-0.4, -0.2) is 29.3 Å². The van der Waals surface area contributed by atoms with Crippen molar-refractivity contribution in [2.24, 2.45) is 0 Å². The van der Waals surface area contributed by atoms with Gasteiger partial charge in [-0.3, -0.25) is 10.3 Å². The Morgan fingerprint density at radius 2 is 1.86 bits per heavy atom. The molecule has 0 unspecified atom stereocenters. The smallest absolute Gasteiger partial charge is 0.412 e. The zero-order chi connectivity index (χ0) is 17.3. The van der Waals surface area contributed by atoms with Crippen LogP contribution in [0.2, 0.25) is 0 Å². The molecule has 1 aromatic rings. The van der Waals surface area contributed by atoms with Gasteiger partial charge < -0.3 is 9.47 Å². The average molecular weight is 310 g/mol. The zero-order valence-electron chi connectivity index (χ0n) is 14.4. The molecular formula is C16H26N2O4. The number of rotatable bonds is 3. The number of carbonyl (C=O) groups excluding carboxylic acids is 2. The summed E-state index contributed by atoms with van der Waals surface area (Å²) in [7, 11) is 0. The lowest BCUT2D eigenvalue weighted by molar-refractivity contribution is 0.0524. The highest BCUT2D eigenvalue weighted by molar-refractivity contribution is 5.92. The van der Waals surface area contributed by atoms with Crippen molar-refractivity contribution in [3.8, 4) is 0 Å².